The number of rotatable bonds is 6. The van der Waals surface area contributed by atoms with Crippen LogP contribution in [0.5, 0.6) is 11.5 Å². The topological polar surface area (TPSA) is 33.5 Å². The molecule has 49 heavy (non-hydrogen) atoms. The van der Waals surface area contributed by atoms with E-state index in [0.717, 1.165) is 44.6 Å². The normalized spacial score (nSPS) is 14.0. The summed E-state index contributed by atoms with van der Waals surface area (Å²) < 4.78 is 66.6. The second-order valence-electron chi connectivity index (χ2n) is 12.0. The Morgan fingerprint density at radius 2 is 1.39 bits per heavy atom. The van der Waals surface area contributed by atoms with Gasteiger partial charge >= 0.3 is 0 Å². The van der Waals surface area contributed by atoms with Gasteiger partial charge in [-0.3, -0.25) is 4.57 Å². The average molecular weight is 644 g/mol. The minimum absolute atomic E-state index is 0.0484. The van der Waals surface area contributed by atoms with Gasteiger partial charge in [-0.25, -0.2) is 9.37 Å². The van der Waals surface area contributed by atoms with Crippen LogP contribution in [-0.2, 0) is 0 Å². The van der Waals surface area contributed by atoms with Crippen molar-refractivity contribution < 1.29 is 16.0 Å². The third-order valence-corrected chi connectivity index (χ3v) is 8.89. The molecule has 3 heterocycles. The zero-order valence-electron chi connectivity index (χ0n) is 31.4. The number of hydrogen-bond acceptors (Lipinski definition) is 4. The van der Waals surface area contributed by atoms with Crippen LogP contribution in [0.25, 0.3) is 38.8 Å². The van der Waals surface area contributed by atoms with E-state index < -0.39 is 18.1 Å². The molecule has 0 N–H and O–H groups in total. The molecule has 5 nitrogen and oxygen atoms in total. The fourth-order valence-electron chi connectivity index (χ4n) is 6.69. The van der Waals surface area contributed by atoms with Gasteiger partial charge in [0.1, 0.15) is 29.8 Å². The van der Waals surface area contributed by atoms with Crippen molar-refractivity contribution in [2.75, 3.05) is 16.5 Å². The number of halogens is 1. The number of benzene rings is 6. The second kappa shape index (κ2) is 11.7. The zero-order chi connectivity index (χ0) is 37.2. The highest BCUT2D eigenvalue weighted by molar-refractivity contribution is 6.09. The minimum atomic E-state index is -0.470. The van der Waals surface area contributed by atoms with Crippen LogP contribution in [0, 0.1) is 12.7 Å². The van der Waals surface area contributed by atoms with Crippen molar-refractivity contribution in [3.63, 3.8) is 0 Å². The predicted molar refractivity (Wildman–Crippen MR) is 197 cm³/mol. The van der Waals surface area contributed by atoms with Crippen LogP contribution in [0.3, 0.4) is 0 Å². The van der Waals surface area contributed by atoms with E-state index in [1.54, 1.807) is 36.5 Å². The summed E-state index contributed by atoms with van der Waals surface area (Å²) in [5.41, 5.74) is 6.03. The number of aromatic nitrogens is 2. The molecule has 0 aliphatic carbocycles. The highest BCUT2D eigenvalue weighted by Crippen LogP contribution is 2.46. The van der Waals surface area contributed by atoms with E-state index >= 15 is 4.39 Å². The molecule has 9 rings (SSSR count). The molecule has 1 aliphatic heterocycles. The summed E-state index contributed by atoms with van der Waals surface area (Å²) in [5, 5.41) is 2.09. The summed E-state index contributed by atoms with van der Waals surface area (Å²) in [6.07, 6.45) is 1.79. The minimum Gasteiger partial charge on any atom is -0.457 e. The molecule has 0 atom stereocenters. The van der Waals surface area contributed by atoms with E-state index in [4.69, 9.17) is 16.6 Å². The molecular weight excluding hydrogens is 607 g/mol. The number of pyridine rings is 1. The smallest absolute Gasteiger partial charge is 0.146 e. The van der Waals surface area contributed by atoms with Crippen LogP contribution in [0.1, 0.15) is 12.4 Å². The van der Waals surface area contributed by atoms with Gasteiger partial charge in [0.15, 0.2) is 0 Å². The molecule has 0 saturated carbocycles. The Kier molecular flexibility index (Phi) is 5.69. The summed E-state index contributed by atoms with van der Waals surface area (Å²) in [4.78, 5) is 8.58. The van der Waals surface area contributed by atoms with Crippen LogP contribution in [0.4, 0.5) is 27.1 Å². The number of para-hydroxylation sites is 4. The van der Waals surface area contributed by atoms with Gasteiger partial charge in [0.2, 0.25) is 0 Å². The maximum absolute atomic E-state index is 15.2. The van der Waals surface area contributed by atoms with E-state index in [0.29, 0.717) is 28.4 Å². The fourth-order valence-corrected chi connectivity index (χ4v) is 6.69. The molecule has 0 spiro atoms. The third kappa shape index (κ3) is 5.06. The Balaban J connectivity index is 1.22. The summed E-state index contributed by atoms with van der Waals surface area (Å²) in [5.74, 6) is 1.32. The number of hydrogen-bond donors (Lipinski definition) is 0. The van der Waals surface area contributed by atoms with Crippen LogP contribution in [-0.4, -0.2) is 16.2 Å². The van der Waals surface area contributed by atoms with Crippen molar-refractivity contribution in [1.29, 1.82) is 0 Å². The SMILES string of the molecule is [2H]c1c([2H])c([2H])c(-c2cc(Oc3ccc4c5ccccc5n(-c5cc(C)ccn5)c4c3)cc(N3CN(c4ccccc4F)c4ccccc43)c2)c([2H])c1[2H]. The lowest BCUT2D eigenvalue weighted by molar-refractivity contribution is 0.483. The van der Waals surface area contributed by atoms with Gasteiger partial charge in [-0.05, 0) is 90.3 Å². The molecule has 8 aromatic rings. The monoisotopic (exact) mass is 643 g/mol. The van der Waals surface area contributed by atoms with Crippen LogP contribution in [0.15, 0.2) is 158 Å². The van der Waals surface area contributed by atoms with Crippen LogP contribution in [0.2, 0.25) is 0 Å². The van der Waals surface area contributed by atoms with E-state index in [1.165, 1.54) is 6.07 Å². The molecule has 0 radical (unpaired) electrons. The Morgan fingerprint density at radius 3 is 2.20 bits per heavy atom. The standard InChI is InChI=1S/C43H31FN4O/c1-29-21-22-45-43(23-29)48-38-15-7-5-13-35(38)36-20-19-33(27-42(36)48)49-34-25-31(30-11-3-2-4-12-30)24-32(26-34)46-28-47(39-16-8-6-14-37(39)44)41-18-10-9-17-40(41)46/h2-27H,28H2,1H3/i2D,3D,4D,11D,12D. The Morgan fingerprint density at radius 1 is 0.653 bits per heavy atom. The summed E-state index contributed by atoms with van der Waals surface area (Å²) in [7, 11) is 0. The van der Waals surface area contributed by atoms with Crippen molar-refractivity contribution in [2.24, 2.45) is 0 Å². The first-order chi connectivity index (χ1) is 26.2. The molecular formula is C43H31FN4O. The zero-order valence-corrected chi connectivity index (χ0v) is 26.4. The van der Waals surface area contributed by atoms with Crippen LogP contribution < -0.4 is 14.5 Å². The average Bonchev–Trinajstić information content (AvgIpc) is 3.72. The predicted octanol–water partition coefficient (Wildman–Crippen LogP) is 11.3. The summed E-state index contributed by atoms with van der Waals surface area (Å²) in [6.45, 7) is 2.28. The number of aryl methyl sites for hydroxylation is 1. The van der Waals surface area contributed by atoms with Gasteiger partial charge < -0.3 is 14.5 Å². The summed E-state index contributed by atoms with van der Waals surface area (Å²) in [6, 6.07) is 35.6. The first-order valence-corrected chi connectivity index (χ1v) is 15.9. The molecule has 0 amide bonds. The maximum atomic E-state index is 15.2. The van der Waals surface area contributed by atoms with Crippen molar-refractivity contribution in [3.05, 3.63) is 169 Å². The number of nitrogens with zero attached hydrogens (tertiary/aromatic N) is 4. The van der Waals surface area contributed by atoms with Gasteiger partial charge in [0.05, 0.1) is 34.9 Å². The van der Waals surface area contributed by atoms with Gasteiger partial charge in [-0.2, -0.15) is 0 Å². The molecule has 236 valence electrons. The molecule has 2 aromatic heterocycles. The molecule has 6 aromatic carbocycles. The van der Waals surface area contributed by atoms with Crippen molar-refractivity contribution in [3.8, 4) is 28.4 Å². The lowest BCUT2D eigenvalue weighted by Crippen LogP contribution is -2.24. The van der Waals surface area contributed by atoms with Crippen molar-refractivity contribution in [2.45, 2.75) is 6.92 Å². The number of ether oxygens (including phenoxy) is 1. The van der Waals surface area contributed by atoms with E-state index in [9.17, 15) is 0 Å². The van der Waals surface area contributed by atoms with E-state index in [-0.39, 0.29) is 30.1 Å². The van der Waals surface area contributed by atoms with Gasteiger partial charge in [0, 0.05) is 34.8 Å². The quantitative estimate of drug-likeness (QED) is 0.181. The lowest BCUT2D eigenvalue weighted by Gasteiger charge is -2.23. The molecule has 0 bridgehead atoms. The van der Waals surface area contributed by atoms with E-state index in [1.807, 2.05) is 89.5 Å². The number of fused-ring (bicyclic) bond motifs is 4. The second-order valence-corrected chi connectivity index (χ2v) is 12.0. The largest absolute Gasteiger partial charge is 0.457 e. The highest BCUT2D eigenvalue weighted by Gasteiger charge is 2.29. The first-order valence-electron chi connectivity index (χ1n) is 18.4. The lowest BCUT2D eigenvalue weighted by atomic mass is 10.0. The Hall–Kier alpha value is -6.40. The van der Waals surface area contributed by atoms with Crippen molar-refractivity contribution >= 4 is 44.6 Å². The van der Waals surface area contributed by atoms with Crippen molar-refractivity contribution in [1.82, 2.24) is 9.55 Å². The number of anilines is 4. The molecule has 0 fully saturated rings. The highest BCUT2D eigenvalue weighted by atomic mass is 19.1. The Labute approximate surface area is 290 Å². The van der Waals surface area contributed by atoms with Gasteiger partial charge in [-0.1, -0.05) is 72.7 Å². The van der Waals surface area contributed by atoms with Gasteiger partial charge in [0.25, 0.3) is 0 Å². The van der Waals surface area contributed by atoms with E-state index in [2.05, 4.69) is 16.7 Å². The molecule has 1 aliphatic rings. The fraction of sp³-hybridized carbons (Fsp3) is 0.0465. The third-order valence-electron chi connectivity index (χ3n) is 8.89. The Bertz CT molecular complexity index is 2780. The molecule has 0 saturated heterocycles. The first kappa shape index (κ1) is 23.8. The molecule has 0 unspecified atom stereocenters. The van der Waals surface area contributed by atoms with Crippen LogP contribution >= 0.6 is 0 Å². The molecule has 6 heteroatoms. The maximum Gasteiger partial charge on any atom is 0.146 e. The van der Waals surface area contributed by atoms with Gasteiger partial charge in [-0.15, -0.1) is 0 Å². The summed E-state index contributed by atoms with van der Waals surface area (Å²) >= 11 is 0.